The first-order chi connectivity index (χ1) is 13.6. The minimum Gasteiger partial charge on any atom is -0.379 e. The van der Waals surface area contributed by atoms with E-state index in [0.29, 0.717) is 43.2 Å². The van der Waals surface area contributed by atoms with Crippen molar-refractivity contribution in [2.24, 2.45) is 5.92 Å². The number of anilines is 1. The van der Waals surface area contributed by atoms with Gasteiger partial charge < -0.3 is 19.9 Å². The second kappa shape index (κ2) is 9.23. The monoisotopic (exact) mass is 385 g/mol. The van der Waals surface area contributed by atoms with Crippen molar-refractivity contribution in [2.45, 2.75) is 51.3 Å². The molecular formula is C18H23N7O3. The van der Waals surface area contributed by atoms with Crippen molar-refractivity contribution in [3.05, 3.63) is 29.8 Å². The van der Waals surface area contributed by atoms with Crippen molar-refractivity contribution in [1.82, 2.24) is 25.4 Å². The molecule has 0 aliphatic heterocycles. The Bertz CT molecular complexity index is 848. The molecule has 1 saturated carbocycles. The minimum absolute atomic E-state index is 0.0547. The second-order valence-corrected chi connectivity index (χ2v) is 6.58. The van der Waals surface area contributed by atoms with E-state index in [0.717, 1.165) is 0 Å². The summed E-state index contributed by atoms with van der Waals surface area (Å²) in [7, 11) is 1.62. The number of nitrogens with zero attached hydrogens (tertiary/aromatic N) is 5. The molecule has 2 N–H and O–H groups in total. The van der Waals surface area contributed by atoms with Crippen molar-refractivity contribution in [2.75, 3.05) is 12.4 Å². The highest BCUT2D eigenvalue weighted by molar-refractivity contribution is 5.78. The molecule has 1 aliphatic carbocycles. The number of aryl methyl sites for hydroxylation is 1. The maximum absolute atomic E-state index is 12.5. The third-order valence-corrected chi connectivity index (χ3v) is 4.83. The van der Waals surface area contributed by atoms with E-state index >= 15 is 0 Å². The van der Waals surface area contributed by atoms with Gasteiger partial charge in [0.1, 0.15) is 6.07 Å². The van der Waals surface area contributed by atoms with Crippen molar-refractivity contribution in [1.29, 1.82) is 5.26 Å². The molecule has 0 unspecified atom stereocenters. The van der Waals surface area contributed by atoms with Crippen LogP contribution in [0, 0.1) is 17.2 Å². The molecule has 2 aromatic heterocycles. The summed E-state index contributed by atoms with van der Waals surface area (Å²) in [5.74, 6) is 1.22. The number of hydrogen-bond donors (Lipinski definition) is 2. The van der Waals surface area contributed by atoms with Crippen LogP contribution in [0.1, 0.15) is 43.6 Å². The van der Waals surface area contributed by atoms with E-state index in [1.54, 1.807) is 7.11 Å². The average molecular weight is 385 g/mol. The molecule has 2 heterocycles. The van der Waals surface area contributed by atoms with Gasteiger partial charge in [-0.2, -0.15) is 10.2 Å². The molecular weight excluding hydrogens is 362 g/mol. The van der Waals surface area contributed by atoms with Crippen molar-refractivity contribution in [3.8, 4) is 6.07 Å². The van der Waals surface area contributed by atoms with Gasteiger partial charge in [0.25, 0.3) is 0 Å². The fourth-order valence-electron chi connectivity index (χ4n) is 3.31. The number of methoxy groups -OCH3 is 1. The van der Waals surface area contributed by atoms with Crippen LogP contribution < -0.4 is 10.6 Å². The molecule has 3 rings (SSSR count). The zero-order valence-corrected chi connectivity index (χ0v) is 15.9. The zero-order valence-electron chi connectivity index (χ0n) is 15.9. The van der Waals surface area contributed by atoms with Crippen LogP contribution in [0.3, 0.4) is 0 Å². The van der Waals surface area contributed by atoms with Crippen molar-refractivity contribution < 1.29 is 14.1 Å². The molecule has 1 amide bonds. The van der Waals surface area contributed by atoms with Gasteiger partial charge in [-0.15, -0.1) is 0 Å². The molecule has 10 heteroatoms. The Hall–Kier alpha value is -3.06. The summed E-state index contributed by atoms with van der Waals surface area (Å²) < 4.78 is 10.7. The Morgan fingerprint density at radius 1 is 1.39 bits per heavy atom. The summed E-state index contributed by atoms with van der Waals surface area (Å²) in [6, 6.07) is 1.97. The van der Waals surface area contributed by atoms with Gasteiger partial charge in [-0.1, -0.05) is 12.1 Å². The van der Waals surface area contributed by atoms with Gasteiger partial charge in [0.05, 0.1) is 18.7 Å². The van der Waals surface area contributed by atoms with Crippen LogP contribution in [0.15, 0.2) is 16.9 Å². The van der Waals surface area contributed by atoms with Crippen molar-refractivity contribution >= 4 is 11.7 Å². The number of nitrogens with one attached hydrogen (secondary N) is 2. The Balaban J connectivity index is 1.56. The standard InChI is InChI=1S/C18H23N7O3/c1-3-15-24-16(28-25-15)10-22-18(26)11-4-5-12(14(8-11)27-2)23-17-13(9-19)20-6-7-21-17/h6-7,11-12,14H,3-5,8,10H2,1-2H3,(H,21,23)(H,22,26)/t11-,12+,14+/m0/s1. The van der Waals surface area contributed by atoms with Gasteiger partial charge in [-0.05, 0) is 19.3 Å². The van der Waals surface area contributed by atoms with E-state index in [1.807, 2.05) is 13.0 Å². The Labute approximate surface area is 162 Å². The first kappa shape index (κ1) is 19.7. The molecule has 1 fully saturated rings. The maximum Gasteiger partial charge on any atom is 0.246 e. The fraction of sp³-hybridized carbons (Fsp3) is 0.556. The lowest BCUT2D eigenvalue weighted by Gasteiger charge is -2.35. The van der Waals surface area contributed by atoms with Crippen LogP contribution in [0.2, 0.25) is 0 Å². The second-order valence-electron chi connectivity index (χ2n) is 6.58. The number of aromatic nitrogens is 4. The molecule has 28 heavy (non-hydrogen) atoms. The minimum atomic E-state index is -0.187. The summed E-state index contributed by atoms with van der Waals surface area (Å²) >= 11 is 0. The quantitative estimate of drug-likeness (QED) is 0.719. The molecule has 0 bridgehead atoms. The fourth-order valence-corrected chi connectivity index (χ4v) is 3.31. The first-order valence-corrected chi connectivity index (χ1v) is 9.24. The highest BCUT2D eigenvalue weighted by Gasteiger charge is 2.34. The van der Waals surface area contributed by atoms with E-state index in [9.17, 15) is 4.79 Å². The highest BCUT2D eigenvalue weighted by atomic mass is 16.5. The predicted octanol–water partition coefficient (Wildman–Crippen LogP) is 1.21. The number of nitriles is 1. The number of rotatable bonds is 7. The van der Waals surface area contributed by atoms with Crippen LogP contribution in [-0.4, -0.2) is 45.3 Å². The zero-order chi connectivity index (χ0) is 19.9. The lowest BCUT2D eigenvalue weighted by Crippen LogP contribution is -2.45. The normalized spacial score (nSPS) is 21.7. The van der Waals surface area contributed by atoms with Crippen LogP contribution in [-0.2, 0) is 22.5 Å². The summed E-state index contributed by atoms with van der Waals surface area (Å²) in [6.07, 6.45) is 5.47. The lowest BCUT2D eigenvalue weighted by molar-refractivity contribution is -0.128. The largest absolute Gasteiger partial charge is 0.379 e. The van der Waals surface area contributed by atoms with E-state index in [4.69, 9.17) is 14.5 Å². The Kier molecular flexibility index (Phi) is 6.49. The first-order valence-electron chi connectivity index (χ1n) is 9.24. The van der Waals surface area contributed by atoms with Crippen LogP contribution in [0.5, 0.6) is 0 Å². The number of amides is 1. The van der Waals surface area contributed by atoms with Crippen LogP contribution in [0.4, 0.5) is 5.82 Å². The number of carbonyl (C=O) groups excluding carboxylic acids is 1. The summed E-state index contributed by atoms with van der Waals surface area (Å²) in [6.45, 7) is 2.15. The number of ether oxygens (including phenoxy) is 1. The summed E-state index contributed by atoms with van der Waals surface area (Å²) in [5.41, 5.74) is 0.239. The van der Waals surface area contributed by atoms with Gasteiger partial charge in [-0.25, -0.2) is 9.97 Å². The van der Waals surface area contributed by atoms with Gasteiger partial charge in [0, 0.05) is 31.8 Å². The third-order valence-electron chi connectivity index (χ3n) is 4.83. The van der Waals surface area contributed by atoms with E-state index < -0.39 is 0 Å². The smallest absolute Gasteiger partial charge is 0.246 e. The molecule has 1 aliphatic rings. The Morgan fingerprint density at radius 2 is 2.21 bits per heavy atom. The van der Waals surface area contributed by atoms with Gasteiger partial charge in [-0.3, -0.25) is 4.79 Å². The molecule has 3 atom stereocenters. The van der Waals surface area contributed by atoms with E-state index in [-0.39, 0.29) is 36.2 Å². The number of carbonyl (C=O) groups is 1. The van der Waals surface area contributed by atoms with Crippen LogP contribution >= 0.6 is 0 Å². The predicted molar refractivity (Wildman–Crippen MR) is 97.8 cm³/mol. The molecule has 0 radical (unpaired) electrons. The summed E-state index contributed by atoms with van der Waals surface area (Å²) in [5, 5.41) is 19.1. The van der Waals surface area contributed by atoms with E-state index in [2.05, 4.69) is 30.7 Å². The SMILES string of the molecule is CCc1noc(CNC(=O)[C@H]2CC[C@@H](Nc3nccnc3C#N)[C@H](OC)C2)n1. The van der Waals surface area contributed by atoms with Gasteiger partial charge >= 0.3 is 0 Å². The Morgan fingerprint density at radius 3 is 2.93 bits per heavy atom. The maximum atomic E-state index is 12.5. The van der Waals surface area contributed by atoms with Crippen LogP contribution in [0.25, 0.3) is 0 Å². The van der Waals surface area contributed by atoms with Gasteiger partial charge in [0.2, 0.25) is 11.8 Å². The molecule has 148 valence electrons. The average Bonchev–Trinajstić information content (AvgIpc) is 3.20. The number of hydrogen-bond acceptors (Lipinski definition) is 9. The van der Waals surface area contributed by atoms with Gasteiger partial charge in [0.15, 0.2) is 17.3 Å². The molecule has 10 nitrogen and oxygen atoms in total. The molecule has 2 aromatic rings. The lowest BCUT2D eigenvalue weighted by atomic mass is 9.83. The van der Waals surface area contributed by atoms with Crippen molar-refractivity contribution in [3.63, 3.8) is 0 Å². The molecule has 0 spiro atoms. The molecule has 0 saturated heterocycles. The third kappa shape index (κ3) is 4.61. The summed E-state index contributed by atoms with van der Waals surface area (Å²) in [4.78, 5) is 24.9. The topological polar surface area (TPSA) is 139 Å². The molecule has 0 aromatic carbocycles. The highest BCUT2D eigenvalue weighted by Crippen LogP contribution is 2.29. The van der Waals surface area contributed by atoms with E-state index in [1.165, 1.54) is 12.4 Å².